The molecule has 3 nitrogen and oxygen atoms in total. The lowest BCUT2D eigenvalue weighted by Crippen LogP contribution is -2.46. The third kappa shape index (κ3) is 1.66. The van der Waals surface area contributed by atoms with Crippen molar-refractivity contribution in [3.05, 3.63) is 12.0 Å². The maximum atomic E-state index is 6.20. The largest absolute Gasteiger partial charge is 0.384 e. The van der Waals surface area contributed by atoms with E-state index < -0.39 is 0 Å². The highest BCUT2D eigenvalue weighted by Gasteiger charge is 2.50. The third-order valence-electron chi connectivity index (χ3n) is 6.32. The van der Waals surface area contributed by atoms with Gasteiger partial charge in [0.2, 0.25) is 0 Å². The molecule has 4 fully saturated rings. The first-order chi connectivity index (χ1) is 9.13. The topological polar surface area (TPSA) is 43.8 Å². The van der Waals surface area contributed by atoms with Crippen molar-refractivity contribution >= 4 is 5.82 Å². The fourth-order valence-electron chi connectivity index (χ4n) is 5.77. The summed E-state index contributed by atoms with van der Waals surface area (Å²) >= 11 is 0. The van der Waals surface area contributed by atoms with Crippen molar-refractivity contribution in [2.24, 2.45) is 36.6 Å². The molecular weight excluding hydrogens is 234 g/mol. The summed E-state index contributed by atoms with van der Waals surface area (Å²) in [6.45, 7) is 2.37. The molecule has 0 amide bonds. The summed E-state index contributed by atoms with van der Waals surface area (Å²) in [6.07, 6.45) is 9.32. The summed E-state index contributed by atoms with van der Waals surface area (Å²) < 4.78 is 1.96. The van der Waals surface area contributed by atoms with Gasteiger partial charge in [-0.15, -0.1) is 0 Å². The number of anilines is 1. The second-order valence-corrected chi connectivity index (χ2v) is 7.42. The Hall–Kier alpha value is -0.990. The van der Waals surface area contributed by atoms with Gasteiger partial charge >= 0.3 is 0 Å². The number of nitrogens with two attached hydrogens (primary N) is 1. The molecule has 0 aliphatic heterocycles. The second-order valence-electron chi connectivity index (χ2n) is 7.42. The standard InChI is InChI=1S/C16H25N3/c1-9(15-16(17)19(2)8-18-15)14-12-4-10-3-11(6-12)7-13(14)5-10/h8-14H,3-7,17H2,1-2H3. The predicted molar refractivity (Wildman–Crippen MR) is 76.6 cm³/mol. The number of aryl methyl sites for hydroxylation is 1. The van der Waals surface area contributed by atoms with Crippen LogP contribution in [0.1, 0.15) is 50.6 Å². The Bertz CT molecular complexity index is 462. The van der Waals surface area contributed by atoms with E-state index >= 15 is 0 Å². The van der Waals surface area contributed by atoms with Crippen LogP contribution in [-0.2, 0) is 7.05 Å². The maximum absolute atomic E-state index is 6.20. The molecule has 4 aliphatic rings. The van der Waals surface area contributed by atoms with Gasteiger partial charge in [-0.25, -0.2) is 4.98 Å². The molecule has 1 aromatic rings. The van der Waals surface area contributed by atoms with Crippen molar-refractivity contribution in [1.29, 1.82) is 0 Å². The van der Waals surface area contributed by atoms with Crippen LogP contribution >= 0.6 is 0 Å². The van der Waals surface area contributed by atoms with Crippen LogP contribution in [-0.4, -0.2) is 9.55 Å². The molecule has 1 heterocycles. The van der Waals surface area contributed by atoms with Crippen LogP contribution in [0.5, 0.6) is 0 Å². The fourth-order valence-corrected chi connectivity index (χ4v) is 5.77. The Kier molecular flexibility index (Phi) is 2.49. The van der Waals surface area contributed by atoms with Crippen molar-refractivity contribution in [2.45, 2.75) is 44.9 Å². The Morgan fingerprint density at radius 1 is 1.16 bits per heavy atom. The van der Waals surface area contributed by atoms with E-state index in [1.807, 2.05) is 17.9 Å². The summed E-state index contributed by atoms with van der Waals surface area (Å²) in [7, 11) is 2.00. The van der Waals surface area contributed by atoms with E-state index in [-0.39, 0.29) is 0 Å². The average molecular weight is 259 g/mol. The molecular formula is C16H25N3. The van der Waals surface area contributed by atoms with Gasteiger partial charge in [-0.3, -0.25) is 0 Å². The van der Waals surface area contributed by atoms with E-state index in [1.54, 1.807) is 0 Å². The van der Waals surface area contributed by atoms with E-state index in [9.17, 15) is 0 Å². The van der Waals surface area contributed by atoms with Crippen LogP contribution in [0.25, 0.3) is 0 Å². The van der Waals surface area contributed by atoms with E-state index in [1.165, 1.54) is 32.1 Å². The molecule has 5 rings (SSSR count). The Morgan fingerprint density at radius 2 is 1.74 bits per heavy atom. The van der Waals surface area contributed by atoms with Crippen LogP contribution in [0.2, 0.25) is 0 Å². The highest BCUT2D eigenvalue weighted by molar-refractivity contribution is 5.38. The predicted octanol–water partition coefficient (Wildman–Crippen LogP) is 3.18. The lowest BCUT2D eigenvalue weighted by atomic mass is 9.49. The Morgan fingerprint density at radius 3 is 2.21 bits per heavy atom. The van der Waals surface area contributed by atoms with E-state index in [0.29, 0.717) is 5.92 Å². The molecule has 4 saturated carbocycles. The van der Waals surface area contributed by atoms with Crippen LogP contribution < -0.4 is 5.73 Å². The lowest BCUT2D eigenvalue weighted by molar-refractivity contribution is -0.0459. The normalized spacial score (nSPS) is 41.7. The average Bonchev–Trinajstić information content (AvgIpc) is 2.68. The molecule has 19 heavy (non-hydrogen) atoms. The summed E-state index contributed by atoms with van der Waals surface area (Å²) in [4.78, 5) is 4.59. The number of hydrogen-bond acceptors (Lipinski definition) is 2. The summed E-state index contributed by atoms with van der Waals surface area (Å²) in [6, 6.07) is 0. The van der Waals surface area contributed by atoms with Crippen molar-refractivity contribution < 1.29 is 0 Å². The van der Waals surface area contributed by atoms with Crippen molar-refractivity contribution in [2.75, 3.05) is 5.73 Å². The first-order valence-electron chi connectivity index (χ1n) is 7.90. The SMILES string of the molecule is CC(c1ncn(C)c1N)C1C2CC3CC(C2)CC1C3. The smallest absolute Gasteiger partial charge is 0.126 e. The van der Waals surface area contributed by atoms with Crippen molar-refractivity contribution in [3.63, 3.8) is 0 Å². The molecule has 1 atom stereocenters. The van der Waals surface area contributed by atoms with Crippen LogP contribution in [0, 0.1) is 29.6 Å². The number of nitrogens with zero attached hydrogens (tertiary/aromatic N) is 2. The van der Waals surface area contributed by atoms with Gasteiger partial charge in [-0.05, 0) is 61.7 Å². The van der Waals surface area contributed by atoms with Gasteiger partial charge in [-0.2, -0.15) is 0 Å². The highest BCUT2D eigenvalue weighted by atomic mass is 15.1. The van der Waals surface area contributed by atoms with Crippen molar-refractivity contribution in [1.82, 2.24) is 9.55 Å². The van der Waals surface area contributed by atoms with Crippen molar-refractivity contribution in [3.8, 4) is 0 Å². The zero-order valence-electron chi connectivity index (χ0n) is 12.0. The molecule has 0 saturated heterocycles. The van der Waals surface area contributed by atoms with E-state index in [4.69, 9.17) is 5.73 Å². The first kappa shape index (κ1) is 11.8. The molecule has 4 bridgehead atoms. The minimum absolute atomic E-state index is 0.538. The van der Waals surface area contributed by atoms with Gasteiger partial charge in [0.15, 0.2) is 0 Å². The number of nitrogen functional groups attached to an aromatic ring is 1. The Labute approximate surface area is 115 Å². The summed E-state index contributed by atoms with van der Waals surface area (Å²) in [5.74, 6) is 6.25. The first-order valence-corrected chi connectivity index (χ1v) is 7.90. The quantitative estimate of drug-likeness (QED) is 0.886. The van der Waals surface area contributed by atoms with Crippen LogP contribution in [0.4, 0.5) is 5.82 Å². The van der Waals surface area contributed by atoms with Gasteiger partial charge in [0.25, 0.3) is 0 Å². The molecule has 1 aromatic heterocycles. The van der Waals surface area contributed by atoms with Crippen LogP contribution in [0.15, 0.2) is 6.33 Å². The molecule has 0 spiro atoms. The molecule has 104 valence electrons. The third-order valence-corrected chi connectivity index (χ3v) is 6.32. The van der Waals surface area contributed by atoms with Crippen LogP contribution in [0.3, 0.4) is 0 Å². The second kappa shape index (κ2) is 4.00. The van der Waals surface area contributed by atoms with Gasteiger partial charge in [-0.1, -0.05) is 6.92 Å². The van der Waals surface area contributed by atoms with Gasteiger partial charge in [0.1, 0.15) is 5.82 Å². The highest BCUT2D eigenvalue weighted by Crippen LogP contribution is 2.59. The molecule has 2 N–H and O–H groups in total. The minimum atomic E-state index is 0.538. The zero-order chi connectivity index (χ0) is 13.1. The van der Waals surface area contributed by atoms with Gasteiger partial charge in [0, 0.05) is 13.0 Å². The minimum Gasteiger partial charge on any atom is -0.384 e. The fraction of sp³-hybridized carbons (Fsp3) is 0.812. The molecule has 1 unspecified atom stereocenters. The number of aromatic nitrogens is 2. The molecule has 3 heteroatoms. The van der Waals surface area contributed by atoms with Gasteiger partial charge in [0.05, 0.1) is 12.0 Å². The molecule has 0 aromatic carbocycles. The Balaban J connectivity index is 1.64. The molecule has 4 aliphatic carbocycles. The summed E-state index contributed by atoms with van der Waals surface area (Å²) in [5, 5.41) is 0. The number of imidazole rings is 1. The summed E-state index contributed by atoms with van der Waals surface area (Å²) in [5.41, 5.74) is 7.35. The monoisotopic (exact) mass is 259 g/mol. The number of rotatable bonds is 2. The maximum Gasteiger partial charge on any atom is 0.126 e. The van der Waals surface area contributed by atoms with E-state index in [0.717, 1.165) is 41.1 Å². The van der Waals surface area contributed by atoms with Gasteiger partial charge < -0.3 is 10.3 Å². The zero-order valence-corrected chi connectivity index (χ0v) is 12.0. The van der Waals surface area contributed by atoms with E-state index in [2.05, 4.69) is 11.9 Å². The number of hydrogen-bond donors (Lipinski definition) is 1. The molecule has 0 radical (unpaired) electrons. The lowest BCUT2D eigenvalue weighted by Gasteiger charge is -2.56.